The zero-order valence-electron chi connectivity index (χ0n) is 11.2. The minimum atomic E-state index is -1.59. The smallest absolute Gasteiger partial charge is 0.104 e. The van der Waals surface area contributed by atoms with Crippen molar-refractivity contribution in [3.63, 3.8) is 0 Å². The Hall–Kier alpha value is -1.04. The molecule has 0 aliphatic carbocycles. The summed E-state index contributed by atoms with van der Waals surface area (Å²) in [5.41, 5.74) is 0.386. The zero-order valence-corrected chi connectivity index (χ0v) is 12.2. The van der Waals surface area contributed by atoms with Crippen molar-refractivity contribution in [2.45, 2.75) is 32.5 Å². The van der Waals surface area contributed by atoms with Crippen molar-refractivity contribution < 1.29 is 5.11 Å². The van der Waals surface area contributed by atoms with Crippen molar-refractivity contribution in [3.05, 3.63) is 30.3 Å². The first-order valence-corrected chi connectivity index (χ1v) is 9.22. The third-order valence-corrected chi connectivity index (χ3v) is 7.49. The summed E-state index contributed by atoms with van der Waals surface area (Å²) in [6, 6.07) is 10.7. The van der Waals surface area contributed by atoms with Gasteiger partial charge in [-0.2, -0.15) is 0 Å². The second kappa shape index (κ2) is 6.04. The second-order valence-electron chi connectivity index (χ2n) is 5.29. The molecule has 0 aromatic heterocycles. The Labute approximate surface area is 106 Å². The molecule has 17 heavy (non-hydrogen) atoms. The molecule has 1 rings (SSSR count). The molecule has 2 heteroatoms. The summed E-state index contributed by atoms with van der Waals surface area (Å²) < 4.78 is 0. The third kappa shape index (κ3) is 3.46. The molecule has 0 amide bonds. The van der Waals surface area contributed by atoms with Crippen LogP contribution in [-0.2, 0) is 0 Å². The molecule has 1 atom stereocenters. The molecule has 1 aromatic carbocycles. The first-order valence-electron chi connectivity index (χ1n) is 6.15. The maximum atomic E-state index is 8.88. The molecule has 1 unspecified atom stereocenters. The van der Waals surface area contributed by atoms with Crippen molar-refractivity contribution >= 4 is 13.3 Å². The predicted octanol–water partition coefficient (Wildman–Crippen LogP) is 2.62. The van der Waals surface area contributed by atoms with Gasteiger partial charge in [0.25, 0.3) is 0 Å². The van der Waals surface area contributed by atoms with Crippen molar-refractivity contribution in [2.75, 3.05) is 6.61 Å². The minimum Gasteiger partial charge on any atom is -0.384 e. The van der Waals surface area contributed by atoms with E-state index in [9.17, 15) is 0 Å². The normalized spacial score (nSPS) is 13.1. The van der Waals surface area contributed by atoms with Gasteiger partial charge in [-0.15, -0.1) is 0 Å². The number of hydrogen-bond donors (Lipinski definition) is 1. The van der Waals surface area contributed by atoms with E-state index in [0.717, 1.165) is 0 Å². The van der Waals surface area contributed by atoms with Crippen molar-refractivity contribution in [1.82, 2.24) is 0 Å². The monoisotopic (exact) mass is 246 g/mol. The molecule has 0 aliphatic heterocycles. The van der Waals surface area contributed by atoms with E-state index >= 15 is 0 Å². The molecule has 0 bridgehead atoms. The number of aliphatic hydroxyl groups excluding tert-OH is 1. The largest absolute Gasteiger partial charge is 0.384 e. The molecule has 0 saturated heterocycles. The Morgan fingerprint density at radius 3 is 2.24 bits per heavy atom. The van der Waals surface area contributed by atoms with Gasteiger partial charge in [0, 0.05) is 5.54 Å². The molecule has 0 saturated carbocycles. The Morgan fingerprint density at radius 1 is 1.18 bits per heavy atom. The number of aliphatic hydroxyl groups is 1. The molecule has 0 aliphatic rings. The van der Waals surface area contributed by atoms with Gasteiger partial charge in [-0.3, -0.25) is 0 Å². The number of rotatable bonds is 3. The fourth-order valence-electron chi connectivity index (χ4n) is 2.38. The lowest BCUT2D eigenvalue weighted by Crippen LogP contribution is -2.47. The molecule has 0 spiro atoms. The van der Waals surface area contributed by atoms with E-state index in [-0.39, 0.29) is 6.61 Å². The number of hydrogen-bond acceptors (Lipinski definition) is 1. The first-order chi connectivity index (χ1) is 8.00. The summed E-state index contributed by atoms with van der Waals surface area (Å²) in [7, 11) is -1.59. The molecule has 0 heterocycles. The van der Waals surface area contributed by atoms with Gasteiger partial charge in [0.05, 0.1) is 8.07 Å². The van der Waals surface area contributed by atoms with Crippen molar-refractivity contribution in [3.8, 4) is 11.8 Å². The highest BCUT2D eigenvalue weighted by Crippen LogP contribution is 2.28. The van der Waals surface area contributed by atoms with Crippen molar-refractivity contribution in [2.24, 2.45) is 5.92 Å². The van der Waals surface area contributed by atoms with Crippen LogP contribution < -0.4 is 5.19 Å². The highest BCUT2D eigenvalue weighted by atomic mass is 28.3. The summed E-state index contributed by atoms with van der Waals surface area (Å²) >= 11 is 0. The van der Waals surface area contributed by atoms with E-state index in [1.54, 1.807) is 0 Å². The van der Waals surface area contributed by atoms with Crippen molar-refractivity contribution in [1.29, 1.82) is 0 Å². The van der Waals surface area contributed by atoms with Gasteiger partial charge in [-0.1, -0.05) is 74.3 Å². The van der Waals surface area contributed by atoms with E-state index < -0.39 is 8.07 Å². The Bertz CT molecular complexity index is 398. The minimum absolute atomic E-state index is 0.0392. The van der Waals surface area contributed by atoms with Crippen LogP contribution in [0.1, 0.15) is 13.8 Å². The Balaban J connectivity index is 3.08. The van der Waals surface area contributed by atoms with Gasteiger partial charge in [0.2, 0.25) is 0 Å². The third-order valence-electron chi connectivity index (χ3n) is 3.30. The standard InChI is InChI=1S/C15H22OSi/c1-13(2)15(11-8-12-16)17(3,4)14-9-6-5-7-10-14/h5-7,9-10,13,15-16H,12H2,1-4H3. The van der Waals surface area contributed by atoms with E-state index in [1.165, 1.54) is 5.19 Å². The van der Waals surface area contributed by atoms with E-state index in [0.29, 0.717) is 11.5 Å². The maximum Gasteiger partial charge on any atom is 0.104 e. The highest BCUT2D eigenvalue weighted by molar-refractivity contribution is 6.91. The molecular formula is C15H22OSi. The van der Waals surface area contributed by atoms with Gasteiger partial charge in [0.1, 0.15) is 6.61 Å². The van der Waals surface area contributed by atoms with Crippen LogP contribution in [0.2, 0.25) is 18.6 Å². The summed E-state index contributed by atoms with van der Waals surface area (Å²) in [4.78, 5) is 0. The van der Waals surface area contributed by atoms with E-state index in [1.807, 2.05) is 0 Å². The molecule has 1 N–H and O–H groups in total. The highest BCUT2D eigenvalue weighted by Gasteiger charge is 2.34. The molecule has 1 aromatic rings. The van der Waals surface area contributed by atoms with Gasteiger partial charge in [0.15, 0.2) is 0 Å². The fraction of sp³-hybridized carbons (Fsp3) is 0.467. The second-order valence-corrected chi connectivity index (χ2v) is 9.93. The SMILES string of the molecule is CC(C)C(C#CCO)[Si](C)(C)c1ccccc1. The van der Waals surface area contributed by atoms with E-state index in [4.69, 9.17) is 5.11 Å². The number of benzene rings is 1. The van der Waals surface area contributed by atoms with Crippen LogP contribution in [0, 0.1) is 17.8 Å². The summed E-state index contributed by atoms with van der Waals surface area (Å²) in [6.45, 7) is 9.11. The Morgan fingerprint density at radius 2 is 1.76 bits per heavy atom. The lowest BCUT2D eigenvalue weighted by Gasteiger charge is -2.32. The topological polar surface area (TPSA) is 20.2 Å². The molecule has 92 valence electrons. The van der Waals surface area contributed by atoms with Crippen LogP contribution >= 0.6 is 0 Å². The quantitative estimate of drug-likeness (QED) is 0.642. The maximum absolute atomic E-state index is 8.88. The van der Waals surface area contributed by atoms with Gasteiger partial charge >= 0.3 is 0 Å². The molecular weight excluding hydrogens is 224 g/mol. The molecule has 0 radical (unpaired) electrons. The first kappa shape index (κ1) is 14.0. The fourth-order valence-corrected chi connectivity index (χ4v) is 5.92. The molecule has 1 nitrogen and oxygen atoms in total. The summed E-state index contributed by atoms with van der Waals surface area (Å²) in [5.74, 6) is 6.64. The van der Waals surface area contributed by atoms with Crippen LogP contribution in [0.3, 0.4) is 0 Å². The summed E-state index contributed by atoms with van der Waals surface area (Å²) in [6.07, 6.45) is 0. The van der Waals surface area contributed by atoms with Gasteiger partial charge < -0.3 is 5.11 Å². The lowest BCUT2D eigenvalue weighted by molar-refractivity contribution is 0.350. The van der Waals surface area contributed by atoms with Crippen LogP contribution in [-0.4, -0.2) is 19.8 Å². The average Bonchev–Trinajstić information content (AvgIpc) is 2.30. The average molecular weight is 246 g/mol. The van der Waals surface area contributed by atoms with E-state index in [2.05, 4.69) is 69.1 Å². The predicted molar refractivity (Wildman–Crippen MR) is 77.0 cm³/mol. The lowest BCUT2D eigenvalue weighted by atomic mass is 10.1. The van der Waals surface area contributed by atoms with Crippen LogP contribution in [0.4, 0.5) is 0 Å². The Kier molecular flexibility index (Phi) is 4.98. The summed E-state index contributed by atoms with van der Waals surface area (Å²) in [5, 5.41) is 10.3. The van der Waals surface area contributed by atoms with Gasteiger partial charge in [-0.05, 0) is 5.92 Å². The van der Waals surface area contributed by atoms with Crippen LogP contribution in [0.25, 0.3) is 0 Å². The molecule has 0 fully saturated rings. The van der Waals surface area contributed by atoms with Crippen LogP contribution in [0.15, 0.2) is 30.3 Å². The van der Waals surface area contributed by atoms with Crippen LogP contribution in [0.5, 0.6) is 0 Å². The zero-order chi connectivity index (χ0) is 12.9. The van der Waals surface area contributed by atoms with Gasteiger partial charge in [-0.25, -0.2) is 0 Å².